The molecule has 10 heteroatoms. The second kappa shape index (κ2) is 12.6. The van der Waals surface area contributed by atoms with Crippen LogP contribution in [0.2, 0.25) is 5.02 Å². The van der Waals surface area contributed by atoms with Crippen molar-refractivity contribution in [2.75, 3.05) is 30.8 Å². The largest absolute Gasteiger partial charge is 0.497 e. The first kappa shape index (κ1) is 27.5. The summed E-state index contributed by atoms with van der Waals surface area (Å²) in [6.45, 7) is 4.28. The molecule has 2 amide bonds. The lowest BCUT2D eigenvalue weighted by Crippen LogP contribution is -2.47. The topological polar surface area (TPSA) is 96.0 Å². The SMILES string of the molecule is CCNC(=O)C(C)N(Cc1cccc(Cl)c1)C(=O)CCCN(c1ccc(OC)cc1)S(C)(=O)=O. The van der Waals surface area contributed by atoms with Gasteiger partial charge in [-0.1, -0.05) is 23.7 Å². The minimum atomic E-state index is -3.56. The van der Waals surface area contributed by atoms with Crippen LogP contribution >= 0.6 is 11.6 Å². The van der Waals surface area contributed by atoms with Gasteiger partial charge in [0, 0.05) is 31.1 Å². The maximum absolute atomic E-state index is 13.2. The average Bonchev–Trinajstić information content (AvgIpc) is 2.79. The summed E-state index contributed by atoms with van der Waals surface area (Å²) in [5.41, 5.74) is 1.29. The number of likely N-dealkylation sites (N-methyl/N-ethyl adjacent to an activating group) is 1. The van der Waals surface area contributed by atoms with Gasteiger partial charge in [0.15, 0.2) is 0 Å². The molecule has 0 saturated heterocycles. The molecule has 0 heterocycles. The van der Waals surface area contributed by atoms with Crippen LogP contribution in [0, 0.1) is 0 Å². The molecule has 0 radical (unpaired) electrons. The number of rotatable bonds is 12. The van der Waals surface area contributed by atoms with Crippen LogP contribution in [0.1, 0.15) is 32.3 Å². The zero-order valence-corrected chi connectivity index (χ0v) is 21.5. The molecule has 2 aromatic rings. The van der Waals surface area contributed by atoms with Crippen molar-refractivity contribution in [3.63, 3.8) is 0 Å². The number of hydrogen-bond donors (Lipinski definition) is 1. The van der Waals surface area contributed by atoms with E-state index < -0.39 is 16.1 Å². The number of amides is 2. The molecule has 1 N–H and O–H groups in total. The Hall–Kier alpha value is -2.78. The molecule has 0 saturated carbocycles. The Morgan fingerprint density at radius 3 is 2.38 bits per heavy atom. The summed E-state index contributed by atoms with van der Waals surface area (Å²) in [5.74, 6) is 0.110. The lowest BCUT2D eigenvalue weighted by atomic mass is 10.1. The molecule has 34 heavy (non-hydrogen) atoms. The Labute approximate surface area is 206 Å². The first-order valence-corrected chi connectivity index (χ1v) is 13.2. The molecule has 0 aromatic heterocycles. The molecule has 2 aromatic carbocycles. The van der Waals surface area contributed by atoms with E-state index in [0.717, 1.165) is 11.8 Å². The number of sulfonamides is 1. The van der Waals surface area contributed by atoms with Crippen molar-refractivity contribution in [3.05, 3.63) is 59.1 Å². The van der Waals surface area contributed by atoms with Gasteiger partial charge in [-0.3, -0.25) is 13.9 Å². The standard InChI is InChI=1S/C24H32ClN3O5S/c1-5-26-24(30)18(2)27(17-19-8-6-9-20(25)16-19)23(29)10-7-15-28(34(4,31)32)21-11-13-22(33-3)14-12-21/h6,8-9,11-14,16,18H,5,7,10,15,17H2,1-4H3,(H,26,30). The van der Waals surface area contributed by atoms with Gasteiger partial charge in [-0.2, -0.15) is 0 Å². The number of methoxy groups -OCH3 is 1. The van der Waals surface area contributed by atoms with Crippen molar-refractivity contribution >= 4 is 39.1 Å². The Balaban J connectivity index is 2.14. The Morgan fingerprint density at radius 2 is 1.82 bits per heavy atom. The maximum atomic E-state index is 13.2. The van der Waals surface area contributed by atoms with Crippen molar-refractivity contribution in [2.45, 2.75) is 39.3 Å². The first-order chi connectivity index (χ1) is 16.1. The highest BCUT2D eigenvalue weighted by molar-refractivity contribution is 7.92. The number of carbonyl (C=O) groups is 2. The predicted molar refractivity (Wildman–Crippen MR) is 135 cm³/mol. The van der Waals surface area contributed by atoms with E-state index in [1.54, 1.807) is 49.4 Å². The minimum Gasteiger partial charge on any atom is -0.497 e. The van der Waals surface area contributed by atoms with Gasteiger partial charge < -0.3 is 15.0 Å². The number of nitrogens with one attached hydrogen (secondary N) is 1. The summed E-state index contributed by atoms with van der Waals surface area (Å²) < 4.78 is 31.1. The Kier molecular flexibility index (Phi) is 10.2. The molecular weight excluding hydrogens is 478 g/mol. The second-order valence-corrected chi connectivity index (χ2v) is 10.2. The number of hydrogen-bond acceptors (Lipinski definition) is 5. The fourth-order valence-corrected chi connectivity index (χ4v) is 4.67. The van der Waals surface area contributed by atoms with Gasteiger partial charge >= 0.3 is 0 Å². The van der Waals surface area contributed by atoms with Crippen molar-refractivity contribution < 1.29 is 22.7 Å². The summed E-state index contributed by atoms with van der Waals surface area (Å²) in [4.78, 5) is 27.1. The number of ether oxygens (including phenoxy) is 1. The van der Waals surface area contributed by atoms with Gasteiger partial charge in [0.05, 0.1) is 19.1 Å². The number of anilines is 1. The molecule has 0 aliphatic heterocycles. The predicted octanol–water partition coefficient (Wildman–Crippen LogP) is 3.45. The molecule has 0 spiro atoms. The highest BCUT2D eigenvalue weighted by Gasteiger charge is 2.26. The Bertz CT molecular complexity index is 1080. The van der Waals surface area contributed by atoms with Gasteiger partial charge in [-0.05, 0) is 62.2 Å². The van der Waals surface area contributed by atoms with Gasteiger partial charge in [0.2, 0.25) is 21.8 Å². The molecule has 1 atom stereocenters. The third-order valence-electron chi connectivity index (χ3n) is 5.27. The molecule has 0 aliphatic rings. The van der Waals surface area contributed by atoms with E-state index >= 15 is 0 Å². The lowest BCUT2D eigenvalue weighted by molar-refractivity contribution is -0.140. The summed E-state index contributed by atoms with van der Waals surface area (Å²) in [7, 11) is -2.02. The van der Waals surface area contributed by atoms with Crippen LogP contribution in [-0.4, -0.2) is 57.6 Å². The maximum Gasteiger partial charge on any atom is 0.242 e. The zero-order chi connectivity index (χ0) is 25.3. The normalized spacial score (nSPS) is 12.0. The van der Waals surface area contributed by atoms with Crippen molar-refractivity contribution in [2.24, 2.45) is 0 Å². The minimum absolute atomic E-state index is 0.0759. The van der Waals surface area contributed by atoms with Crippen LogP contribution in [0.4, 0.5) is 5.69 Å². The molecule has 0 aliphatic carbocycles. The summed E-state index contributed by atoms with van der Waals surface area (Å²) >= 11 is 6.09. The van der Waals surface area contributed by atoms with E-state index in [0.29, 0.717) is 23.0 Å². The summed E-state index contributed by atoms with van der Waals surface area (Å²) in [6, 6.07) is 13.1. The molecule has 186 valence electrons. The van der Waals surface area contributed by atoms with E-state index in [1.165, 1.54) is 16.3 Å². The molecular formula is C24H32ClN3O5S. The number of benzene rings is 2. The van der Waals surface area contributed by atoms with E-state index in [9.17, 15) is 18.0 Å². The monoisotopic (exact) mass is 509 g/mol. The number of carbonyl (C=O) groups excluding carboxylic acids is 2. The molecule has 0 bridgehead atoms. The quantitative estimate of drug-likeness (QED) is 0.472. The fourth-order valence-electron chi connectivity index (χ4n) is 3.49. The van der Waals surface area contributed by atoms with Crippen LogP contribution in [-0.2, 0) is 26.2 Å². The molecule has 8 nitrogen and oxygen atoms in total. The number of nitrogens with zero attached hydrogens (tertiary/aromatic N) is 2. The average molecular weight is 510 g/mol. The smallest absolute Gasteiger partial charge is 0.242 e. The molecule has 2 rings (SSSR count). The highest BCUT2D eigenvalue weighted by atomic mass is 35.5. The van der Waals surface area contributed by atoms with Gasteiger partial charge in [0.1, 0.15) is 11.8 Å². The second-order valence-electron chi connectivity index (χ2n) is 7.86. The third-order valence-corrected chi connectivity index (χ3v) is 6.70. The summed E-state index contributed by atoms with van der Waals surface area (Å²) in [6.07, 6.45) is 1.49. The van der Waals surface area contributed by atoms with E-state index in [4.69, 9.17) is 16.3 Å². The third kappa shape index (κ3) is 7.92. The van der Waals surface area contributed by atoms with Crippen LogP contribution in [0.3, 0.4) is 0 Å². The number of halogens is 1. The van der Waals surface area contributed by atoms with Crippen LogP contribution in [0.5, 0.6) is 5.75 Å². The van der Waals surface area contributed by atoms with Crippen molar-refractivity contribution in [1.29, 1.82) is 0 Å². The van der Waals surface area contributed by atoms with Crippen molar-refractivity contribution in [3.8, 4) is 5.75 Å². The molecule has 0 fully saturated rings. The van der Waals surface area contributed by atoms with Gasteiger partial charge in [0.25, 0.3) is 0 Å². The van der Waals surface area contributed by atoms with Crippen LogP contribution < -0.4 is 14.4 Å². The van der Waals surface area contributed by atoms with Crippen LogP contribution in [0.25, 0.3) is 0 Å². The van der Waals surface area contributed by atoms with Crippen LogP contribution in [0.15, 0.2) is 48.5 Å². The highest BCUT2D eigenvalue weighted by Crippen LogP contribution is 2.22. The zero-order valence-electron chi connectivity index (χ0n) is 20.0. The summed E-state index contributed by atoms with van der Waals surface area (Å²) in [5, 5.41) is 3.29. The fraction of sp³-hybridized carbons (Fsp3) is 0.417. The van der Waals surface area contributed by atoms with Gasteiger partial charge in [-0.15, -0.1) is 0 Å². The van der Waals surface area contributed by atoms with E-state index in [2.05, 4.69) is 5.32 Å². The Morgan fingerprint density at radius 1 is 1.15 bits per heavy atom. The lowest BCUT2D eigenvalue weighted by Gasteiger charge is -2.29. The van der Waals surface area contributed by atoms with Gasteiger partial charge in [-0.25, -0.2) is 8.42 Å². The first-order valence-electron chi connectivity index (χ1n) is 11.0. The van der Waals surface area contributed by atoms with E-state index in [1.807, 2.05) is 13.0 Å². The molecule has 1 unspecified atom stereocenters. The van der Waals surface area contributed by atoms with E-state index in [-0.39, 0.29) is 37.7 Å². The van der Waals surface area contributed by atoms with Crippen molar-refractivity contribution in [1.82, 2.24) is 10.2 Å².